The van der Waals surface area contributed by atoms with Crippen LogP contribution in [0.2, 0.25) is 10.0 Å². The summed E-state index contributed by atoms with van der Waals surface area (Å²) < 4.78 is 77.8. The van der Waals surface area contributed by atoms with Crippen molar-refractivity contribution in [1.82, 2.24) is 0 Å². The summed E-state index contributed by atoms with van der Waals surface area (Å²) in [6.45, 7) is 7.88. The zero-order chi connectivity index (χ0) is 53.5. The molecule has 0 bridgehead atoms. The number of amides is 1. The van der Waals surface area contributed by atoms with Crippen LogP contribution < -0.4 is 25.0 Å². The molecule has 0 aromatic heterocycles. The minimum atomic E-state index is -4.75. The van der Waals surface area contributed by atoms with Crippen LogP contribution in [0.3, 0.4) is 0 Å². The summed E-state index contributed by atoms with van der Waals surface area (Å²) in [6.07, 6.45) is 0. The number of carbonyl (C=O) groups excluding carboxylic acids is 1. The Balaban J connectivity index is 0.000000241. The van der Waals surface area contributed by atoms with E-state index in [0.29, 0.717) is 68.8 Å². The van der Waals surface area contributed by atoms with Gasteiger partial charge < -0.3 is 30.1 Å². The van der Waals surface area contributed by atoms with Gasteiger partial charge in [0, 0.05) is 28.6 Å². The minimum Gasteiger partial charge on any atom is -0.871 e. The molecule has 0 aliphatic carbocycles. The van der Waals surface area contributed by atoms with Gasteiger partial charge in [0.25, 0.3) is 26.1 Å². The van der Waals surface area contributed by atoms with Crippen molar-refractivity contribution in [1.29, 1.82) is 0 Å². The van der Waals surface area contributed by atoms with Crippen molar-refractivity contribution in [2.45, 2.75) is 37.5 Å². The number of nitrogens with zero attached hydrogens (tertiary/aromatic N) is 5. The zero-order valence-corrected chi connectivity index (χ0v) is 47.7. The van der Waals surface area contributed by atoms with E-state index in [9.17, 15) is 46.1 Å². The predicted molar refractivity (Wildman–Crippen MR) is 284 cm³/mol. The van der Waals surface area contributed by atoms with Crippen LogP contribution in [-0.4, -0.2) is 105 Å². The van der Waals surface area contributed by atoms with Crippen LogP contribution in [0.15, 0.2) is 169 Å². The summed E-state index contributed by atoms with van der Waals surface area (Å²) in [6, 6.07) is 35.3. The molecular formula is C52H42BaCl2N6O12S2. The topological polar surface area (TPSA) is 284 Å². The van der Waals surface area contributed by atoms with Crippen LogP contribution in [0.25, 0.3) is 21.5 Å². The van der Waals surface area contributed by atoms with Crippen molar-refractivity contribution in [2.24, 2.45) is 25.4 Å². The molecule has 0 unspecified atom stereocenters. The normalized spacial score (nSPS) is 11.9. The number of carbonyl (C=O) groups is 1. The molecule has 0 fully saturated rings. The molecule has 0 heterocycles. The van der Waals surface area contributed by atoms with Crippen molar-refractivity contribution in [3.8, 4) is 23.0 Å². The maximum atomic E-state index is 13.4. The number of rotatable bonds is 14. The number of azo groups is 2. The summed E-state index contributed by atoms with van der Waals surface area (Å²) in [5, 5.41) is 57.7. The van der Waals surface area contributed by atoms with Gasteiger partial charge in [0.2, 0.25) is 0 Å². The van der Waals surface area contributed by atoms with Crippen LogP contribution in [-0.2, 0) is 20.2 Å². The number of hydrogen-bond acceptors (Lipinski definition) is 15. The molecule has 4 N–H and O–H groups in total. The number of phenols is 1. The maximum absolute atomic E-state index is 13.4. The molecule has 0 spiro atoms. The number of anilines is 1. The summed E-state index contributed by atoms with van der Waals surface area (Å²) in [5.41, 5.74) is 0.822. The smallest absolute Gasteiger partial charge is 0.871 e. The summed E-state index contributed by atoms with van der Waals surface area (Å²) >= 11 is 12.1. The third kappa shape index (κ3) is 14.1. The number of halogens is 2. The molecule has 8 aromatic rings. The zero-order valence-electron chi connectivity index (χ0n) is 40.1. The summed E-state index contributed by atoms with van der Waals surface area (Å²) in [7, 11) is -9.47. The first kappa shape index (κ1) is 57.9. The Bertz CT molecular complexity index is 3830. The fourth-order valence-corrected chi connectivity index (χ4v) is 9.93. The third-order valence-electron chi connectivity index (χ3n) is 10.6. The number of fused-ring (bicyclic) bond motifs is 2. The second-order valence-electron chi connectivity index (χ2n) is 16.0. The van der Waals surface area contributed by atoms with Crippen molar-refractivity contribution in [3.05, 3.63) is 166 Å². The van der Waals surface area contributed by atoms with Crippen molar-refractivity contribution in [3.63, 3.8) is 0 Å². The van der Waals surface area contributed by atoms with Crippen LogP contribution in [0.5, 0.6) is 23.0 Å². The van der Waals surface area contributed by atoms with E-state index < -0.39 is 53.3 Å². The first-order chi connectivity index (χ1) is 35.2. The second-order valence-corrected chi connectivity index (χ2v) is 19.5. The van der Waals surface area contributed by atoms with E-state index in [-0.39, 0.29) is 92.8 Å². The number of hydrogen-bond donors (Lipinski definition) is 4. The van der Waals surface area contributed by atoms with Crippen LogP contribution >= 0.6 is 23.2 Å². The van der Waals surface area contributed by atoms with E-state index in [1.807, 2.05) is 13.8 Å². The van der Waals surface area contributed by atoms with Gasteiger partial charge in [0.05, 0.1) is 40.2 Å². The average Bonchev–Trinajstić information content (AvgIpc) is 3.32. The maximum Gasteiger partial charge on any atom is 2.00 e. The Labute approximate surface area is 481 Å². The van der Waals surface area contributed by atoms with E-state index in [1.165, 1.54) is 36.4 Å². The van der Waals surface area contributed by atoms with E-state index >= 15 is 0 Å². The number of nitrogens with one attached hydrogen (secondary N) is 1. The van der Waals surface area contributed by atoms with E-state index in [0.717, 1.165) is 0 Å². The molecule has 0 aliphatic heterocycles. The largest absolute Gasteiger partial charge is 2.00 e. The van der Waals surface area contributed by atoms with Gasteiger partial charge in [-0.25, -0.2) is 0 Å². The third-order valence-corrected chi connectivity index (χ3v) is 13.3. The van der Waals surface area contributed by atoms with Crippen LogP contribution in [0, 0.1) is 13.8 Å². The molecule has 1 amide bonds. The second kappa shape index (κ2) is 25.0. The number of aromatic hydroxyl groups is 1. The van der Waals surface area contributed by atoms with Gasteiger partial charge in [-0.05, 0) is 122 Å². The number of aliphatic imine (C=N–C) groups is 1. The molecule has 0 saturated heterocycles. The summed E-state index contributed by atoms with van der Waals surface area (Å²) in [5.74, 6) is -1.51. The molecule has 0 aliphatic rings. The van der Waals surface area contributed by atoms with Gasteiger partial charge in [-0.15, -0.1) is 15.3 Å². The first-order valence-corrected chi connectivity index (χ1v) is 25.7. The molecule has 0 saturated carbocycles. The van der Waals surface area contributed by atoms with E-state index in [4.69, 9.17) is 32.7 Å². The van der Waals surface area contributed by atoms with E-state index in [2.05, 4.69) is 30.8 Å². The molecule has 0 radical (unpaired) electrons. The van der Waals surface area contributed by atoms with Gasteiger partial charge in [-0.2, -0.15) is 21.9 Å². The average molecular weight is 1220 g/mol. The molecular weight excluding hydrogens is 1170 g/mol. The summed E-state index contributed by atoms with van der Waals surface area (Å²) in [4.78, 5) is 15.9. The Hall–Kier alpha value is -6.41. The van der Waals surface area contributed by atoms with Crippen molar-refractivity contribution < 1.29 is 55.5 Å². The molecule has 380 valence electrons. The molecule has 18 nitrogen and oxygen atoms in total. The molecule has 75 heavy (non-hydrogen) atoms. The fraction of sp³-hybridized carbons (Fsp3) is 0.115. The Morgan fingerprint density at radius 3 is 1.64 bits per heavy atom. The van der Waals surface area contributed by atoms with E-state index in [1.54, 1.807) is 111 Å². The Morgan fingerprint density at radius 1 is 0.627 bits per heavy atom. The minimum absolute atomic E-state index is 0. The Kier molecular flexibility index (Phi) is 19.3. The number of benzene rings is 8. The van der Waals surface area contributed by atoms with Gasteiger partial charge in [-0.3, -0.25) is 18.9 Å². The first-order valence-electron chi connectivity index (χ1n) is 22.1. The fourth-order valence-electron chi connectivity index (χ4n) is 7.46. The van der Waals surface area contributed by atoms with Crippen molar-refractivity contribution in [2.75, 3.05) is 18.5 Å². The quantitative estimate of drug-likeness (QED) is 0.0260. The SMILES string of the molecule is CCOc1cccc(N=C([O-])c2cc3ccccc3c(N=Nc3cc(C)cc(Cl)c3S(=O)(=O)O)c2[O-])c1.CCOc1cccc(NC(=O)c2cc3ccccc3c(N=Nc3cc(C)cc(Cl)c3S(=O)(=O)O)c2O)c1.[Ba+2]. The van der Waals surface area contributed by atoms with Gasteiger partial charge in [-0.1, -0.05) is 89.6 Å². The van der Waals surface area contributed by atoms with Gasteiger partial charge >= 0.3 is 48.9 Å². The van der Waals surface area contributed by atoms with Crippen LogP contribution in [0.4, 0.5) is 34.1 Å². The number of aryl methyl sites for hydroxylation is 2. The van der Waals surface area contributed by atoms with Gasteiger partial charge in [0.15, 0.2) is 5.75 Å². The molecule has 0 atom stereocenters. The Morgan fingerprint density at radius 2 is 1.11 bits per heavy atom. The monoisotopic (exact) mass is 1210 g/mol. The molecule has 23 heteroatoms. The standard InChI is InChI=1S/2C26H22ClN3O6S.Ba/c2*1-3-36-18-9-6-8-17(14-18)28-26(32)20-13-16-7-4-5-10-19(16)23(24(20)31)30-29-22-12-15(2)11-21(27)25(22)37(33,34)35;/h2*4-14,31H,3H2,1-2H3,(H,28,32)(H,33,34,35);/q;;+2/p-2. The van der Waals surface area contributed by atoms with Crippen molar-refractivity contribution >= 4 is 160 Å². The predicted octanol–water partition coefficient (Wildman–Crippen LogP) is 11.8. The van der Waals surface area contributed by atoms with Gasteiger partial charge in [0.1, 0.15) is 38.4 Å². The molecule has 8 aromatic carbocycles. The van der Waals surface area contributed by atoms with Crippen LogP contribution in [0.1, 0.15) is 40.9 Å². The number of ether oxygens (including phenoxy) is 2. The number of phenolic OH excluding ortho intramolecular Hbond substituents is 1. The molecule has 8 rings (SSSR count).